The van der Waals surface area contributed by atoms with Crippen LogP contribution >= 0.6 is 12.4 Å². The lowest BCUT2D eigenvalue weighted by Gasteiger charge is -2.28. The normalized spacial score (nSPS) is 23.7. The van der Waals surface area contributed by atoms with E-state index in [1.165, 1.54) is 12.1 Å². The number of nitrogens with zero attached hydrogens (tertiary/aromatic N) is 1. The van der Waals surface area contributed by atoms with E-state index in [-0.39, 0.29) is 30.4 Å². The predicted molar refractivity (Wildman–Crippen MR) is 87.3 cm³/mol. The summed E-state index contributed by atoms with van der Waals surface area (Å²) in [5.74, 6) is -3.63. The Morgan fingerprint density at radius 3 is 2.38 bits per heavy atom. The molecule has 0 spiro atoms. The van der Waals surface area contributed by atoms with Gasteiger partial charge in [-0.25, -0.2) is 8.42 Å². The number of fused-ring (bicyclic) bond motifs is 2. The molecule has 24 heavy (non-hydrogen) atoms. The fraction of sp³-hybridized carbons (Fsp3) is 0.533. The summed E-state index contributed by atoms with van der Waals surface area (Å²) in [6, 6.07) is 5.11. The highest BCUT2D eigenvalue weighted by atomic mass is 35.5. The average molecular weight is 381 g/mol. The van der Waals surface area contributed by atoms with Gasteiger partial charge in [-0.2, -0.15) is 8.78 Å². The number of alkyl halides is 2. The summed E-state index contributed by atoms with van der Waals surface area (Å²) in [7, 11) is -4.63. The summed E-state index contributed by atoms with van der Waals surface area (Å²) in [5.41, 5.74) is 0.331. The molecule has 5 nitrogen and oxygen atoms in total. The van der Waals surface area contributed by atoms with Crippen LogP contribution in [0.1, 0.15) is 29.6 Å². The average Bonchev–Trinajstić information content (AvgIpc) is 2.79. The van der Waals surface area contributed by atoms with Crippen LogP contribution in [-0.4, -0.2) is 50.2 Å². The first-order valence-corrected chi connectivity index (χ1v) is 9.11. The predicted octanol–water partition coefficient (Wildman–Crippen LogP) is 2.07. The van der Waals surface area contributed by atoms with E-state index in [4.69, 9.17) is 0 Å². The quantitative estimate of drug-likeness (QED) is 0.871. The van der Waals surface area contributed by atoms with Crippen molar-refractivity contribution in [3.8, 4) is 0 Å². The summed E-state index contributed by atoms with van der Waals surface area (Å²) in [6.07, 6.45) is 2.80. The van der Waals surface area contributed by atoms with Gasteiger partial charge in [-0.15, -0.1) is 12.4 Å². The maximum Gasteiger partial charge on any atom is 0.341 e. The third-order valence-electron chi connectivity index (χ3n) is 4.55. The van der Waals surface area contributed by atoms with Crippen molar-refractivity contribution < 1.29 is 22.0 Å². The smallest absolute Gasteiger partial charge is 0.331 e. The molecule has 9 heteroatoms. The van der Waals surface area contributed by atoms with Crippen molar-refractivity contribution in [1.29, 1.82) is 0 Å². The molecule has 0 aromatic heterocycles. The van der Waals surface area contributed by atoms with Crippen molar-refractivity contribution in [3.63, 3.8) is 0 Å². The van der Waals surface area contributed by atoms with Crippen molar-refractivity contribution in [2.75, 3.05) is 13.1 Å². The van der Waals surface area contributed by atoms with Crippen LogP contribution in [0.3, 0.4) is 0 Å². The fourth-order valence-electron chi connectivity index (χ4n) is 3.35. The Bertz CT molecular complexity index is 683. The van der Waals surface area contributed by atoms with Crippen molar-refractivity contribution in [3.05, 3.63) is 29.8 Å². The topological polar surface area (TPSA) is 66.5 Å². The number of carbonyl (C=O) groups excluding carboxylic acids is 1. The van der Waals surface area contributed by atoms with Crippen LogP contribution in [0.4, 0.5) is 8.78 Å². The third kappa shape index (κ3) is 3.41. The van der Waals surface area contributed by atoms with Gasteiger partial charge in [-0.1, -0.05) is 0 Å². The fourth-order valence-corrected chi connectivity index (χ4v) is 4.07. The van der Waals surface area contributed by atoms with Gasteiger partial charge in [0, 0.05) is 24.2 Å². The SMILES string of the molecule is Cl.O=C(c1ccc(S(=O)(=O)C(F)F)cc1)N1C2CCNCC1CC2. The van der Waals surface area contributed by atoms with Crippen LogP contribution in [-0.2, 0) is 9.84 Å². The highest BCUT2D eigenvalue weighted by molar-refractivity contribution is 7.91. The standard InChI is InChI=1S/C15H18F2N2O3S.ClH/c16-15(17)23(21,22)13-5-1-10(2-6-13)14(20)19-11-3-4-12(19)9-18-8-7-11;/h1-2,5-6,11-12,15,18H,3-4,7-9H2;1H. The van der Waals surface area contributed by atoms with Crippen LogP contribution in [0.5, 0.6) is 0 Å². The van der Waals surface area contributed by atoms with Gasteiger partial charge in [-0.05, 0) is 50.1 Å². The van der Waals surface area contributed by atoms with Crippen molar-refractivity contribution in [2.45, 2.75) is 42.0 Å². The van der Waals surface area contributed by atoms with Gasteiger partial charge in [0.05, 0.1) is 4.90 Å². The Morgan fingerprint density at radius 2 is 1.75 bits per heavy atom. The lowest BCUT2D eigenvalue weighted by molar-refractivity contribution is 0.0680. The molecular weight excluding hydrogens is 362 g/mol. The molecule has 1 N–H and O–H groups in total. The molecule has 1 amide bonds. The number of nitrogens with one attached hydrogen (secondary N) is 1. The first kappa shape index (κ1) is 19.1. The molecule has 1 aromatic carbocycles. The second-order valence-electron chi connectivity index (χ2n) is 5.92. The molecule has 2 aliphatic heterocycles. The van der Waals surface area contributed by atoms with Gasteiger partial charge in [0.1, 0.15) is 0 Å². The summed E-state index contributed by atoms with van der Waals surface area (Å²) >= 11 is 0. The number of hydrogen-bond acceptors (Lipinski definition) is 4. The molecule has 2 atom stereocenters. The monoisotopic (exact) mass is 380 g/mol. The zero-order chi connectivity index (χ0) is 16.6. The highest BCUT2D eigenvalue weighted by Crippen LogP contribution is 2.30. The molecule has 0 aliphatic carbocycles. The maximum atomic E-state index is 12.7. The number of sulfone groups is 1. The molecule has 2 saturated heterocycles. The first-order chi connectivity index (χ1) is 10.9. The van der Waals surface area contributed by atoms with E-state index >= 15 is 0 Å². The number of halogens is 3. The van der Waals surface area contributed by atoms with Crippen molar-refractivity contribution in [1.82, 2.24) is 10.2 Å². The molecule has 134 valence electrons. The van der Waals surface area contributed by atoms with E-state index in [2.05, 4.69) is 5.32 Å². The maximum absolute atomic E-state index is 12.7. The van der Waals surface area contributed by atoms with Crippen LogP contribution in [0.25, 0.3) is 0 Å². The highest BCUT2D eigenvalue weighted by Gasteiger charge is 2.38. The number of carbonyl (C=O) groups is 1. The van der Waals surface area contributed by atoms with E-state index in [1.54, 1.807) is 0 Å². The Labute approximate surface area is 145 Å². The molecule has 1 aromatic rings. The number of amides is 1. The number of benzene rings is 1. The minimum absolute atomic E-state index is 0. The van der Waals surface area contributed by atoms with Gasteiger partial charge in [0.15, 0.2) is 0 Å². The van der Waals surface area contributed by atoms with E-state index in [0.29, 0.717) is 5.56 Å². The minimum atomic E-state index is -4.63. The van der Waals surface area contributed by atoms with Gasteiger partial charge in [0.2, 0.25) is 9.84 Å². The molecule has 2 bridgehead atoms. The van der Waals surface area contributed by atoms with Gasteiger partial charge >= 0.3 is 5.76 Å². The Kier molecular flexibility index (Phi) is 5.83. The van der Waals surface area contributed by atoms with Gasteiger partial charge in [0.25, 0.3) is 5.91 Å². The largest absolute Gasteiger partial charge is 0.341 e. The molecule has 2 heterocycles. The molecule has 2 aliphatic rings. The lowest BCUT2D eigenvalue weighted by Crippen LogP contribution is -2.42. The summed E-state index contributed by atoms with van der Waals surface area (Å²) in [6.45, 7) is 1.62. The summed E-state index contributed by atoms with van der Waals surface area (Å²) in [5, 5.41) is 3.30. The van der Waals surface area contributed by atoms with Crippen LogP contribution in [0, 0.1) is 0 Å². The minimum Gasteiger partial charge on any atom is -0.331 e. The number of hydrogen-bond donors (Lipinski definition) is 1. The Hall–Kier alpha value is -1.25. The van der Waals surface area contributed by atoms with Crippen LogP contribution < -0.4 is 5.32 Å². The van der Waals surface area contributed by atoms with E-state index < -0.39 is 20.5 Å². The van der Waals surface area contributed by atoms with E-state index in [1.807, 2.05) is 4.90 Å². The van der Waals surface area contributed by atoms with E-state index in [0.717, 1.165) is 44.5 Å². The molecule has 2 unspecified atom stereocenters. The van der Waals surface area contributed by atoms with Gasteiger partial charge < -0.3 is 10.2 Å². The first-order valence-electron chi connectivity index (χ1n) is 7.57. The molecule has 0 saturated carbocycles. The zero-order valence-corrected chi connectivity index (χ0v) is 14.5. The van der Waals surface area contributed by atoms with Crippen LogP contribution in [0.2, 0.25) is 0 Å². The van der Waals surface area contributed by atoms with Crippen molar-refractivity contribution >= 4 is 28.2 Å². The summed E-state index contributed by atoms with van der Waals surface area (Å²) < 4.78 is 47.9. The second kappa shape index (κ2) is 7.33. The van der Waals surface area contributed by atoms with Crippen molar-refractivity contribution in [2.24, 2.45) is 0 Å². The molecule has 2 fully saturated rings. The number of rotatable bonds is 3. The Morgan fingerprint density at radius 1 is 1.12 bits per heavy atom. The third-order valence-corrected chi connectivity index (χ3v) is 5.95. The molecular formula is C15H19ClF2N2O3S. The summed E-state index contributed by atoms with van der Waals surface area (Å²) in [4.78, 5) is 14.1. The second-order valence-corrected chi connectivity index (χ2v) is 7.84. The Balaban J connectivity index is 0.00000208. The van der Waals surface area contributed by atoms with Gasteiger partial charge in [-0.3, -0.25) is 4.79 Å². The zero-order valence-electron chi connectivity index (χ0n) is 12.8. The molecule has 3 rings (SSSR count). The molecule has 0 radical (unpaired) electrons. The van der Waals surface area contributed by atoms with E-state index in [9.17, 15) is 22.0 Å². The van der Waals surface area contributed by atoms with Crippen LogP contribution in [0.15, 0.2) is 29.2 Å². The lowest BCUT2D eigenvalue weighted by atomic mass is 10.1.